The van der Waals surface area contributed by atoms with Gasteiger partial charge in [-0.25, -0.2) is 13.1 Å². The van der Waals surface area contributed by atoms with E-state index in [1.54, 1.807) is 4.52 Å². The van der Waals surface area contributed by atoms with Crippen LogP contribution in [0.1, 0.15) is 5.69 Å². The van der Waals surface area contributed by atoms with Crippen molar-refractivity contribution in [3.63, 3.8) is 0 Å². The number of sulfonamides is 1. The molecule has 9 heteroatoms. The number of furan rings is 1. The van der Waals surface area contributed by atoms with Crippen molar-refractivity contribution < 1.29 is 12.8 Å². The minimum atomic E-state index is -3.66. The van der Waals surface area contributed by atoms with Crippen LogP contribution < -0.4 is 4.72 Å². The topological polar surface area (TPSA) is 102 Å². The van der Waals surface area contributed by atoms with Crippen LogP contribution in [-0.2, 0) is 10.0 Å². The molecule has 122 valence electrons. The van der Waals surface area contributed by atoms with Crippen molar-refractivity contribution in [2.75, 3.05) is 7.05 Å². The van der Waals surface area contributed by atoms with Gasteiger partial charge in [-0.2, -0.15) is 9.61 Å². The molecule has 3 heterocycles. The van der Waals surface area contributed by atoms with E-state index in [9.17, 15) is 8.42 Å². The number of nitrogens with one attached hydrogen (secondary N) is 1. The molecule has 0 saturated heterocycles. The highest BCUT2D eigenvalue weighted by Crippen LogP contribution is 2.26. The Hall–Kier alpha value is -2.78. The fraction of sp³-hybridized carbons (Fsp3) is 0.133. The molecule has 0 saturated carbocycles. The molecule has 0 unspecified atom stereocenters. The van der Waals surface area contributed by atoms with Gasteiger partial charge >= 0.3 is 0 Å². The summed E-state index contributed by atoms with van der Waals surface area (Å²) in [6.07, 6.45) is 0. The number of fused-ring (bicyclic) bond motifs is 3. The Labute approximate surface area is 137 Å². The summed E-state index contributed by atoms with van der Waals surface area (Å²) in [6.45, 7) is 1.89. The Morgan fingerprint density at radius 2 is 1.83 bits per heavy atom. The zero-order valence-corrected chi connectivity index (χ0v) is 13.7. The maximum atomic E-state index is 11.8. The van der Waals surface area contributed by atoms with E-state index in [1.165, 1.54) is 19.2 Å². The van der Waals surface area contributed by atoms with E-state index >= 15 is 0 Å². The molecule has 0 atom stereocenters. The number of hydrogen-bond acceptors (Lipinski definition) is 6. The number of aryl methyl sites for hydroxylation is 1. The highest BCUT2D eigenvalue weighted by molar-refractivity contribution is 7.89. The largest absolute Gasteiger partial charge is 0.440 e. The second-order valence-corrected chi connectivity index (χ2v) is 7.03. The molecule has 0 aliphatic carbocycles. The summed E-state index contributed by atoms with van der Waals surface area (Å²) in [7, 11) is -2.34. The number of aromatic nitrogens is 4. The smallest absolute Gasteiger partial charge is 0.273 e. The van der Waals surface area contributed by atoms with Crippen LogP contribution >= 0.6 is 0 Å². The minimum absolute atomic E-state index is 0.186. The van der Waals surface area contributed by atoms with Gasteiger partial charge in [-0.15, -0.1) is 10.2 Å². The zero-order chi connectivity index (χ0) is 16.9. The molecule has 24 heavy (non-hydrogen) atoms. The third-order valence-electron chi connectivity index (χ3n) is 3.78. The van der Waals surface area contributed by atoms with Crippen molar-refractivity contribution in [3.05, 3.63) is 42.1 Å². The molecular weight excluding hydrogens is 330 g/mol. The number of hydrogen-bond donors (Lipinski definition) is 1. The van der Waals surface area contributed by atoms with E-state index in [2.05, 4.69) is 20.0 Å². The van der Waals surface area contributed by atoms with Gasteiger partial charge in [0.1, 0.15) is 0 Å². The second-order valence-electron chi connectivity index (χ2n) is 5.22. The second kappa shape index (κ2) is 5.11. The van der Waals surface area contributed by atoms with Gasteiger partial charge in [0.25, 0.3) is 10.0 Å². The summed E-state index contributed by atoms with van der Waals surface area (Å²) in [4.78, 5) is 0. The van der Waals surface area contributed by atoms with E-state index in [0.29, 0.717) is 11.5 Å². The van der Waals surface area contributed by atoms with Gasteiger partial charge in [0, 0.05) is 10.8 Å². The Morgan fingerprint density at radius 1 is 1.08 bits per heavy atom. The first-order valence-corrected chi connectivity index (χ1v) is 8.64. The van der Waals surface area contributed by atoms with E-state index in [4.69, 9.17) is 4.42 Å². The molecule has 0 fully saturated rings. The molecule has 4 rings (SSSR count). The van der Waals surface area contributed by atoms with Crippen LogP contribution in [0.25, 0.3) is 28.0 Å². The standard InChI is InChI=1S/C15H13N5O3S/c1-9-10-5-3-4-6-11(10)14-17-18-15(20(14)19-9)12-7-8-13(23-12)24(21,22)16-2/h3-8,16H,1-2H3. The molecule has 1 N–H and O–H groups in total. The van der Waals surface area contributed by atoms with Crippen molar-refractivity contribution in [1.82, 2.24) is 24.5 Å². The van der Waals surface area contributed by atoms with E-state index < -0.39 is 10.0 Å². The van der Waals surface area contributed by atoms with Gasteiger partial charge in [0.15, 0.2) is 11.4 Å². The van der Waals surface area contributed by atoms with Gasteiger partial charge in [0.05, 0.1) is 5.69 Å². The van der Waals surface area contributed by atoms with E-state index in [-0.39, 0.29) is 10.9 Å². The quantitative estimate of drug-likeness (QED) is 0.608. The van der Waals surface area contributed by atoms with E-state index in [0.717, 1.165) is 16.5 Å². The molecule has 0 aliphatic rings. The lowest BCUT2D eigenvalue weighted by Gasteiger charge is -2.03. The molecule has 0 radical (unpaired) electrons. The SMILES string of the molecule is CNS(=O)(=O)c1ccc(-c2nnc3c4ccccc4c(C)nn23)o1. The maximum absolute atomic E-state index is 11.8. The molecule has 1 aromatic carbocycles. The monoisotopic (exact) mass is 343 g/mol. The Kier molecular flexibility index (Phi) is 3.15. The van der Waals surface area contributed by atoms with Crippen LogP contribution in [0.3, 0.4) is 0 Å². The van der Waals surface area contributed by atoms with Crippen molar-refractivity contribution in [1.29, 1.82) is 0 Å². The molecule has 0 amide bonds. The summed E-state index contributed by atoms with van der Waals surface area (Å²) in [5, 5.41) is 14.5. The van der Waals surface area contributed by atoms with Crippen LogP contribution in [0.4, 0.5) is 0 Å². The normalized spacial score (nSPS) is 12.2. The lowest BCUT2D eigenvalue weighted by molar-refractivity contribution is 0.454. The fourth-order valence-electron chi connectivity index (χ4n) is 2.58. The lowest BCUT2D eigenvalue weighted by atomic mass is 10.1. The van der Waals surface area contributed by atoms with Crippen molar-refractivity contribution in [2.24, 2.45) is 0 Å². The van der Waals surface area contributed by atoms with Crippen LogP contribution in [0, 0.1) is 6.92 Å². The van der Waals surface area contributed by atoms with Crippen molar-refractivity contribution in [2.45, 2.75) is 12.0 Å². The average molecular weight is 343 g/mol. The molecule has 4 aromatic rings. The summed E-state index contributed by atoms with van der Waals surface area (Å²) < 4.78 is 32.8. The van der Waals surface area contributed by atoms with Gasteiger partial charge in [-0.05, 0) is 26.1 Å². The first-order valence-electron chi connectivity index (χ1n) is 7.16. The van der Waals surface area contributed by atoms with Gasteiger partial charge in [-0.3, -0.25) is 0 Å². The Morgan fingerprint density at radius 3 is 2.58 bits per heavy atom. The van der Waals surface area contributed by atoms with Crippen LogP contribution in [0.2, 0.25) is 0 Å². The van der Waals surface area contributed by atoms with Crippen LogP contribution in [0.5, 0.6) is 0 Å². The third kappa shape index (κ3) is 2.09. The maximum Gasteiger partial charge on any atom is 0.273 e. The molecule has 8 nitrogen and oxygen atoms in total. The minimum Gasteiger partial charge on any atom is -0.440 e. The number of benzene rings is 1. The Bertz CT molecular complexity index is 1180. The number of rotatable bonds is 3. The first kappa shape index (κ1) is 14.8. The highest BCUT2D eigenvalue weighted by Gasteiger charge is 2.21. The summed E-state index contributed by atoms with van der Waals surface area (Å²) in [5.74, 6) is 0.620. The van der Waals surface area contributed by atoms with Gasteiger partial charge in [-0.1, -0.05) is 24.3 Å². The zero-order valence-electron chi connectivity index (χ0n) is 12.9. The molecule has 0 aliphatic heterocycles. The van der Waals surface area contributed by atoms with E-state index in [1.807, 2.05) is 31.2 Å². The highest BCUT2D eigenvalue weighted by atomic mass is 32.2. The Balaban J connectivity index is 1.96. The summed E-state index contributed by atoms with van der Waals surface area (Å²) >= 11 is 0. The van der Waals surface area contributed by atoms with Crippen LogP contribution in [0.15, 0.2) is 45.9 Å². The predicted octanol–water partition coefficient (Wildman–Crippen LogP) is 1.75. The van der Waals surface area contributed by atoms with Crippen LogP contribution in [-0.4, -0.2) is 35.3 Å². The van der Waals surface area contributed by atoms with Crippen molar-refractivity contribution >= 4 is 26.4 Å². The van der Waals surface area contributed by atoms with Crippen molar-refractivity contribution in [3.8, 4) is 11.6 Å². The third-order valence-corrected chi connectivity index (χ3v) is 5.07. The molecule has 0 spiro atoms. The predicted molar refractivity (Wildman–Crippen MR) is 87.0 cm³/mol. The first-order chi connectivity index (χ1) is 11.5. The number of nitrogens with zero attached hydrogens (tertiary/aromatic N) is 4. The summed E-state index contributed by atoms with van der Waals surface area (Å²) in [5.41, 5.74) is 1.40. The lowest BCUT2D eigenvalue weighted by Crippen LogP contribution is -2.17. The average Bonchev–Trinajstić information content (AvgIpc) is 3.22. The molecule has 0 bridgehead atoms. The molecular formula is C15H13N5O3S. The fourth-order valence-corrected chi connectivity index (χ4v) is 3.23. The van der Waals surface area contributed by atoms with Gasteiger partial charge in [0.2, 0.25) is 10.9 Å². The molecule has 3 aromatic heterocycles. The van der Waals surface area contributed by atoms with Gasteiger partial charge < -0.3 is 4.42 Å². The summed E-state index contributed by atoms with van der Waals surface area (Å²) in [6, 6.07) is 10.7.